The number of hydrogen-bond acceptors (Lipinski definition) is 2. The molecular weight excluding hydrogens is 244 g/mol. The number of benzene rings is 1. The summed E-state index contributed by atoms with van der Waals surface area (Å²) in [4.78, 5) is 2.66. The maximum absolute atomic E-state index is 3.39. The van der Waals surface area contributed by atoms with Gasteiger partial charge in [0, 0.05) is 6.04 Å². The quantitative estimate of drug-likeness (QED) is 0.881. The first kappa shape index (κ1) is 14.1. The first-order chi connectivity index (χ1) is 9.83. The van der Waals surface area contributed by atoms with Crippen LogP contribution in [0.25, 0.3) is 0 Å². The van der Waals surface area contributed by atoms with E-state index in [0.717, 1.165) is 24.9 Å². The molecule has 0 spiro atoms. The lowest BCUT2D eigenvalue weighted by Gasteiger charge is -2.41. The average molecular weight is 272 g/mol. The van der Waals surface area contributed by atoms with Gasteiger partial charge in [-0.25, -0.2) is 0 Å². The molecule has 1 aromatic carbocycles. The number of nitrogens with one attached hydrogen (secondary N) is 1. The summed E-state index contributed by atoms with van der Waals surface area (Å²) in [5.74, 6) is 1.62. The summed E-state index contributed by atoms with van der Waals surface area (Å²) >= 11 is 0. The Kier molecular flexibility index (Phi) is 4.42. The van der Waals surface area contributed by atoms with Gasteiger partial charge in [-0.2, -0.15) is 0 Å². The van der Waals surface area contributed by atoms with Crippen molar-refractivity contribution < 1.29 is 0 Å². The molecule has 2 heteroatoms. The van der Waals surface area contributed by atoms with Gasteiger partial charge in [-0.1, -0.05) is 31.2 Å². The number of nitrogens with zero attached hydrogens (tertiary/aromatic N) is 1. The van der Waals surface area contributed by atoms with Gasteiger partial charge in [0.15, 0.2) is 0 Å². The third-order valence-corrected chi connectivity index (χ3v) is 5.06. The van der Waals surface area contributed by atoms with Crippen LogP contribution in [0.2, 0.25) is 0 Å². The first-order valence-corrected chi connectivity index (χ1v) is 8.32. The summed E-state index contributed by atoms with van der Waals surface area (Å²) in [5, 5.41) is 3.39. The Hall–Kier alpha value is -0.860. The molecule has 1 aromatic rings. The van der Waals surface area contributed by atoms with Crippen molar-refractivity contribution in [1.82, 2.24) is 10.2 Å². The van der Waals surface area contributed by atoms with Crippen LogP contribution in [0.4, 0.5) is 0 Å². The van der Waals surface area contributed by atoms with Crippen LogP contribution in [0.15, 0.2) is 24.3 Å². The van der Waals surface area contributed by atoms with Crippen LogP contribution >= 0.6 is 0 Å². The van der Waals surface area contributed by atoms with E-state index < -0.39 is 0 Å². The largest absolute Gasteiger partial charge is 0.319 e. The molecular formula is C18H28N2. The Bertz CT molecular complexity index is 420. The van der Waals surface area contributed by atoms with Gasteiger partial charge < -0.3 is 5.32 Å². The fourth-order valence-corrected chi connectivity index (χ4v) is 3.85. The Balaban J connectivity index is 1.81. The average Bonchev–Trinajstić information content (AvgIpc) is 3.32. The zero-order valence-corrected chi connectivity index (χ0v) is 12.9. The maximum atomic E-state index is 3.39. The minimum absolute atomic E-state index is 0.606. The number of rotatable bonds is 5. The second-order valence-corrected chi connectivity index (χ2v) is 6.47. The predicted molar refractivity (Wildman–Crippen MR) is 85.1 cm³/mol. The molecule has 2 fully saturated rings. The van der Waals surface area contributed by atoms with Crippen molar-refractivity contribution in [2.24, 2.45) is 5.92 Å². The Labute approximate surface area is 123 Å². The minimum atomic E-state index is 0.606. The molecule has 0 amide bonds. The lowest BCUT2D eigenvalue weighted by Crippen LogP contribution is -2.41. The SMILES string of the molecule is CCN1CCCC(CNC)C1c1ccc(C2CC2)cc1. The van der Waals surface area contributed by atoms with Crippen LogP contribution in [0.3, 0.4) is 0 Å². The summed E-state index contributed by atoms with van der Waals surface area (Å²) in [5.41, 5.74) is 3.08. The van der Waals surface area contributed by atoms with E-state index in [-0.39, 0.29) is 0 Å². The molecule has 110 valence electrons. The highest BCUT2D eigenvalue weighted by Crippen LogP contribution is 2.41. The highest BCUT2D eigenvalue weighted by Gasteiger charge is 2.31. The van der Waals surface area contributed by atoms with Crippen LogP contribution in [0, 0.1) is 5.92 Å². The topological polar surface area (TPSA) is 15.3 Å². The third kappa shape index (κ3) is 2.91. The van der Waals surface area contributed by atoms with Gasteiger partial charge in [-0.05, 0) is 75.3 Å². The van der Waals surface area contributed by atoms with Crippen molar-refractivity contribution in [3.05, 3.63) is 35.4 Å². The van der Waals surface area contributed by atoms with Crippen LogP contribution in [-0.2, 0) is 0 Å². The van der Waals surface area contributed by atoms with E-state index in [9.17, 15) is 0 Å². The van der Waals surface area contributed by atoms with Crippen LogP contribution in [0.5, 0.6) is 0 Å². The summed E-state index contributed by atoms with van der Waals surface area (Å²) < 4.78 is 0. The molecule has 1 N–H and O–H groups in total. The molecule has 20 heavy (non-hydrogen) atoms. The Morgan fingerprint density at radius 1 is 1.10 bits per heavy atom. The summed E-state index contributed by atoms with van der Waals surface area (Å²) in [6.07, 6.45) is 5.49. The molecule has 1 aliphatic heterocycles. The van der Waals surface area contributed by atoms with Crippen molar-refractivity contribution in [3.63, 3.8) is 0 Å². The first-order valence-electron chi connectivity index (χ1n) is 8.32. The van der Waals surface area contributed by atoms with Gasteiger partial charge in [0.25, 0.3) is 0 Å². The summed E-state index contributed by atoms with van der Waals surface area (Å²) in [6.45, 7) is 5.85. The molecule has 2 aliphatic rings. The van der Waals surface area contributed by atoms with Gasteiger partial charge in [0.05, 0.1) is 0 Å². The third-order valence-electron chi connectivity index (χ3n) is 5.06. The molecule has 2 unspecified atom stereocenters. The molecule has 0 bridgehead atoms. The number of likely N-dealkylation sites (tertiary alicyclic amines) is 1. The molecule has 1 saturated carbocycles. The van der Waals surface area contributed by atoms with Crippen molar-refractivity contribution in [3.8, 4) is 0 Å². The van der Waals surface area contributed by atoms with Crippen molar-refractivity contribution >= 4 is 0 Å². The highest BCUT2D eigenvalue weighted by molar-refractivity contribution is 5.30. The maximum Gasteiger partial charge on any atom is 0.0388 e. The zero-order valence-electron chi connectivity index (χ0n) is 12.9. The van der Waals surface area contributed by atoms with Gasteiger partial charge in [0.1, 0.15) is 0 Å². The van der Waals surface area contributed by atoms with E-state index >= 15 is 0 Å². The molecule has 1 saturated heterocycles. The van der Waals surface area contributed by atoms with Crippen molar-refractivity contribution in [1.29, 1.82) is 0 Å². The fraction of sp³-hybridized carbons (Fsp3) is 0.667. The smallest absolute Gasteiger partial charge is 0.0388 e. The van der Waals surface area contributed by atoms with Crippen LogP contribution in [0.1, 0.15) is 55.7 Å². The Morgan fingerprint density at radius 2 is 1.80 bits per heavy atom. The van der Waals surface area contributed by atoms with Gasteiger partial charge in [-0.3, -0.25) is 4.90 Å². The standard InChI is InChI=1S/C18H28N2/c1-3-20-12-4-5-17(13-19-2)18(20)16-10-8-15(9-11-16)14-6-7-14/h8-11,14,17-19H,3-7,12-13H2,1-2H3. The molecule has 0 aromatic heterocycles. The van der Waals surface area contributed by atoms with Gasteiger partial charge >= 0.3 is 0 Å². The van der Waals surface area contributed by atoms with Crippen LogP contribution < -0.4 is 5.32 Å². The normalized spacial score (nSPS) is 27.7. The van der Waals surface area contributed by atoms with E-state index in [2.05, 4.69) is 48.5 Å². The minimum Gasteiger partial charge on any atom is -0.319 e. The molecule has 2 atom stereocenters. The van der Waals surface area contributed by atoms with E-state index in [1.54, 1.807) is 5.56 Å². The van der Waals surface area contributed by atoms with Gasteiger partial charge in [-0.15, -0.1) is 0 Å². The van der Waals surface area contributed by atoms with Crippen LogP contribution in [-0.4, -0.2) is 31.6 Å². The zero-order chi connectivity index (χ0) is 13.9. The van der Waals surface area contributed by atoms with E-state index in [1.165, 1.54) is 37.8 Å². The monoisotopic (exact) mass is 272 g/mol. The predicted octanol–water partition coefficient (Wildman–Crippen LogP) is 3.56. The summed E-state index contributed by atoms with van der Waals surface area (Å²) in [6, 6.07) is 10.2. The molecule has 1 heterocycles. The second-order valence-electron chi connectivity index (χ2n) is 6.47. The molecule has 2 nitrogen and oxygen atoms in total. The highest BCUT2D eigenvalue weighted by atomic mass is 15.2. The number of hydrogen-bond donors (Lipinski definition) is 1. The Morgan fingerprint density at radius 3 is 2.40 bits per heavy atom. The summed E-state index contributed by atoms with van der Waals surface area (Å²) in [7, 11) is 2.08. The van der Waals surface area contributed by atoms with Crippen molar-refractivity contribution in [2.75, 3.05) is 26.7 Å². The second kappa shape index (κ2) is 6.28. The lowest BCUT2D eigenvalue weighted by atomic mass is 9.84. The number of piperidine rings is 1. The van der Waals surface area contributed by atoms with E-state index in [1.807, 2.05) is 0 Å². The van der Waals surface area contributed by atoms with E-state index in [0.29, 0.717) is 6.04 Å². The molecule has 1 aliphatic carbocycles. The fourth-order valence-electron chi connectivity index (χ4n) is 3.85. The van der Waals surface area contributed by atoms with Crippen molar-refractivity contribution in [2.45, 2.75) is 44.6 Å². The molecule has 3 rings (SSSR count). The molecule has 0 radical (unpaired) electrons. The van der Waals surface area contributed by atoms with Gasteiger partial charge in [0.2, 0.25) is 0 Å². The lowest BCUT2D eigenvalue weighted by molar-refractivity contribution is 0.0982. The van der Waals surface area contributed by atoms with E-state index in [4.69, 9.17) is 0 Å².